The van der Waals surface area contributed by atoms with Gasteiger partial charge in [0, 0.05) is 12.7 Å². The second-order valence-corrected chi connectivity index (χ2v) is 7.81. The lowest BCUT2D eigenvalue weighted by atomic mass is 10.1. The smallest absolute Gasteiger partial charge is 0.180 e. The Morgan fingerprint density at radius 3 is 2.62 bits per heavy atom. The van der Waals surface area contributed by atoms with E-state index in [1.165, 1.54) is 0 Å². The lowest BCUT2D eigenvalue weighted by molar-refractivity contribution is 0.587. The molecule has 0 aliphatic carbocycles. The van der Waals surface area contributed by atoms with E-state index in [9.17, 15) is 8.42 Å². The lowest BCUT2D eigenvalue weighted by Crippen LogP contribution is -2.14. The first kappa shape index (κ1) is 15.7. The van der Waals surface area contributed by atoms with Crippen molar-refractivity contribution in [3.8, 4) is 0 Å². The van der Waals surface area contributed by atoms with Crippen molar-refractivity contribution in [2.24, 2.45) is 0 Å². The van der Waals surface area contributed by atoms with Gasteiger partial charge in [-0.2, -0.15) is 0 Å². The number of hydrogen-bond acceptors (Lipinski definition) is 4. The van der Waals surface area contributed by atoms with Gasteiger partial charge in [-0.1, -0.05) is 17.3 Å². The zero-order chi connectivity index (χ0) is 15.5. The van der Waals surface area contributed by atoms with E-state index in [0.717, 1.165) is 30.6 Å². The Kier molecular flexibility index (Phi) is 4.77. The summed E-state index contributed by atoms with van der Waals surface area (Å²) in [6.45, 7) is 6.21. The molecule has 0 saturated carbocycles. The van der Waals surface area contributed by atoms with Crippen molar-refractivity contribution in [2.75, 3.05) is 0 Å². The van der Waals surface area contributed by atoms with Gasteiger partial charge in [-0.3, -0.25) is 4.68 Å². The monoisotopic (exact) mass is 307 g/mol. The van der Waals surface area contributed by atoms with Crippen molar-refractivity contribution in [1.29, 1.82) is 0 Å². The Labute approximate surface area is 125 Å². The van der Waals surface area contributed by atoms with Crippen LogP contribution < -0.4 is 0 Å². The molecule has 2 rings (SSSR count). The molecule has 21 heavy (non-hydrogen) atoms. The molecule has 0 atom stereocenters. The number of sulfone groups is 1. The Bertz CT molecular complexity index is 705. The van der Waals surface area contributed by atoms with E-state index in [0.29, 0.717) is 4.90 Å². The Balaban J connectivity index is 2.11. The second kappa shape index (κ2) is 6.39. The van der Waals surface area contributed by atoms with Gasteiger partial charge < -0.3 is 0 Å². The van der Waals surface area contributed by atoms with Crippen molar-refractivity contribution in [3.05, 3.63) is 41.7 Å². The molecule has 0 bridgehead atoms. The summed E-state index contributed by atoms with van der Waals surface area (Å²) in [5, 5.41) is 7.69. The molecule has 6 heteroatoms. The Hall–Kier alpha value is -1.69. The minimum atomic E-state index is -3.21. The predicted molar refractivity (Wildman–Crippen MR) is 81.9 cm³/mol. The van der Waals surface area contributed by atoms with E-state index in [1.54, 1.807) is 36.7 Å². The van der Waals surface area contributed by atoms with E-state index in [-0.39, 0.29) is 0 Å². The second-order valence-electron chi connectivity index (χ2n) is 5.31. The van der Waals surface area contributed by atoms with E-state index in [1.807, 2.05) is 19.2 Å². The Morgan fingerprint density at radius 1 is 1.24 bits per heavy atom. The molecule has 0 fully saturated rings. The van der Waals surface area contributed by atoms with Crippen LogP contribution in [-0.4, -0.2) is 28.7 Å². The largest absolute Gasteiger partial charge is 0.253 e. The molecule has 0 spiro atoms. The standard InChI is InChI=1S/C15H21N3O2S/c1-4-18-11-14(16-17-18)9-8-13-6-5-7-15(10-13)21(19,20)12(2)3/h5-7,10-12H,4,8-9H2,1-3H3. The zero-order valence-electron chi connectivity index (χ0n) is 12.7. The fourth-order valence-electron chi connectivity index (χ4n) is 2.03. The minimum absolute atomic E-state index is 0.396. The fraction of sp³-hybridized carbons (Fsp3) is 0.467. The van der Waals surface area contributed by atoms with Crippen molar-refractivity contribution >= 4 is 9.84 Å². The van der Waals surface area contributed by atoms with Crippen molar-refractivity contribution in [3.63, 3.8) is 0 Å². The molecule has 5 nitrogen and oxygen atoms in total. The van der Waals surface area contributed by atoms with Crippen LogP contribution >= 0.6 is 0 Å². The predicted octanol–water partition coefficient (Wildman–Crippen LogP) is 2.27. The summed E-state index contributed by atoms with van der Waals surface area (Å²) in [6.07, 6.45) is 3.43. The van der Waals surface area contributed by atoms with E-state index < -0.39 is 15.1 Å². The van der Waals surface area contributed by atoms with Gasteiger partial charge in [0.1, 0.15) is 0 Å². The first-order chi connectivity index (χ1) is 9.93. The van der Waals surface area contributed by atoms with Crippen molar-refractivity contribution in [1.82, 2.24) is 15.0 Å². The number of benzene rings is 1. The van der Waals surface area contributed by atoms with Crippen LogP contribution in [0.1, 0.15) is 32.0 Å². The van der Waals surface area contributed by atoms with Gasteiger partial charge in [0.25, 0.3) is 0 Å². The van der Waals surface area contributed by atoms with Gasteiger partial charge in [0.2, 0.25) is 0 Å². The quantitative estimate of drug-likeness (QED) is 0.821. The van der Waals surface area contributed by atoms with E-state index >= 15 is 0 Å². The highest BCUT2D eigenvalue weighted by molar-refractivity contribution is 7.92. The van der Waals surface area contributed by atoms with Crippen LogP contribution in [0.15, 0.2) is 35.4 Å². The van der Waals surface area contributed by atoms with Gasteiger partial charge in [-0.15, -0.1) is 5.10 Å². The highest BCUT2D eigenvalue weighted by Gasteiger charge is 2.19. The van der Waals surface area contributed by atoms with Crippen LogP contribution in [0.4, 0.5) is 0 Å². The number of nitrogens with zero attached hydrogens (tertiary/aromatic N) is 3. The summed E-state index contributed by atoms with van der Waals surface area (Å²) in [7, 11) is -3.21. The molecule has 2 aromatic rings. The summed E-state index contributed by atoms with van der Waals surface area (Å²) < 4.78 is 26.1. The summed E-state index contributed by atoms with van der Waals surface area (Å²) in [4.78, 5) is 0.396. The van der Waals surface area contributed by atoms with Crippen LogP contribution in [-0.2, 0) is 29.2 Å². The third kappa shape index (κ3) is 3.69. The molecule has 0 N–H and O–H groups in total. The molecule has 0 saturated heterocycles. The van der Waals surface area contributed by atoms with Crippen LogP contribution in [0.2, 0.25) is 0 Å². The summed E-state index contributed by atoms with van der Waals surface area (Å²) in [5.41, 5.74) is 1.93. The van der Waals surface area contributed by atoms with Gasteiger partial charge in [-0.25, -0.2) is 8.42 Å². The topological polar surface area (TPSA) is 64.8 Å². The molecule has 1 heterocycles. The van der Waals surface area contributed by atoms with Gasteiger partial charge in [0.05, 0.1) is 15.8 Å². The van der Waals surface area contributed by atoms with Crippen LogP contribution in [0, 0.1) is 0 Å². The third-order valence-corrected chi connectivity index (χ3v) is 5.58. The maximum atomic E-state index is 12.2. The number of hydrogen-bond donors (Lipinski definition) is 0. The first-order valence-corrected chi connectivity index (χ1v) is 8.70. The van der Waals surface area contributed by atoms with Gasteiger partial charge in [0.15, 0.2) is 9.84 Å². The Morgan fingerprint density at radius 2 is 2.00 bits per heavy atom. The van der Waals surface area contributed by atoms with Crippen molar-refractivity contribution in [2.45, 2.75) is 50.3 Å². The molecule has 0 aliphatic rings. The lowest BCUT2D eigenvalue weighted by Gasteiger charge is -2.09. The molecule has 1 aromatic carbocycles. The van der Waals surface area contributed by atoms with E-state index in [2.05, 4.69) is 10.3 Å². The SMILES string of the molecule is CCn1cc(CCc2cccc(S(=O)(=O)C(C)C)c2)nn1. The van der Waals surface area contributed by atoms with Crippen LogP contribution in [0.5, 0.6) is 0 Å². The molecule has 0 radical (unpaired) electrons. The van der Waals surface area contributed by atoms with Gasteiger partial charge in [-0.05, 0) is 51.3 Å². The molecule has 0 unspecified atom stereocenters. The van der Waals surface area contributed by atoms with Crippen molar-refractivity contribution < 1.29 is 8.42 Å². The highest BCUT2D eigenvalue weighted by atomic mass is 32.2. The highest BCUT2D eigenvalue weighted by Crippen LogP contribution is 2.18. The maximum Gasteiger partial charge on any atom is 0.180 e. The normalized spacial score (nSPS) is 12.0. The molecular formula is C15H21N3O2S. The average Bonchev–Trinajstić information content (AvgIpc) is 2.93. The molecule has 114 valence electrons. The number of aromatic nitrogens is 3. The molecule has 0 amide bonds. The van der Waals surface area contributed by atoms with Crippen LogP contribution in [0.25, 0.3) is 0 Å². The first-order valence-electron chi connectivity index (χ1n) is 7.15. The van der Waals surface area contributed by atoms with Gasteiger partial charge >= 0.3 is 0 Å². The summed E-state index contributed by atoms with van der Waals surface area (Å²) in [6, 6.07) is 7.17. The fourth-order valence-corrected chi connectivity index (χ4v) is 3.16. The summed E-state index contributed by atoms with van der Waals surface area (Å²) in [5.74, 6) is 0. The van der Waals surface area contributed by atoms with Crippen LogP contribution in [0.3, 0.4) is 0 Å². The number of aryl methyl sites for hydroxylation is 3. The maximum absolute atomic E-state index is 12.2. The van der Waals surface area contributed by atoms with E-state index in [4.69, 9.17) is 0 Å². The molecular weight excluding hydrogens is 286 g/mol. The molecule has 0 aliphatic heterocycles. The third-order valence-electron chi connectivity index (χ3n) is 3.43. The zero-order valence-corrected chi connectivity index (χ0v) is 13.5. The molecule has 1 aromatic heterocycles. The minimum Gasteiger partial charge on any atom is -0.253 e. The summed E-state index contributed by atoms with van der Waals surface area (Å²) >= 11 is 0. The number of rotatable bonds is 6. The average molecular weight is 307 g/mol.